The van der Waals surface area contributed by atoms with E-state index in [4.69, 9.17) is 7.98 Å². The molecule has 0 N–H and O–H groups in total. The van der Waals surface area contributed by atoms with E-state index in [1.54, 1.807) is 0 Å². The van der Waals surface area contributed by atoms with E-state index < -0.39 is 0 Å². The Kier molecular flexibility index (Phi) is 6.27. The molecule has 102 valence electrons. The summed E-state index contributed by atoms with van der Waals surface area (Å²) in [6, 6.07) is 0. The predicted octanol–water partition coefficient (Wildman–Crippen LogP) is 4.38. The highest BCUT2D eigenvalue weighted by atomic mass is 127. The van der Waals surface area contributed by atoms with E-state index in [1.165, 1.54) is 50.8 Å². The van der Waals surface area contributed by atoms with Crippen molar-refractivity contribution in [3.8, 4) is 0 Å². The van der Waals surface area contributed by atoms with Crippen molar-refractivity contribution in [2.24, 2.45) is 0 Å². The van der Waals surface area contributed by atoms with Gasteiger partial charge in [-0.15, -0.1) is 8.58 Å². The van der Waals surface area contributed by atoms with Gasteiger partial charge in [0.2, 0.25) is 0 Å². The summed E-state index contributed by atoms with van der Waals surface area (Å²) in [5, 5.41) is 0.388. The molecule has 1 nitrogen and oxygen atoms in total. The van der Waals surface area contributed by atoms with Crippen LogP contribution in [0.25, 0.3) is 0 Å². The second kappa shape index (κ2) is 7.05. The number of halogens is 1. The van der Waals surface area contributed by atoms with Crippen molar-refractivity contribution >= 4 is 47.1 Å². The van der Waals surface area contributed by atoms with Crippen LogP contribution in [0, 0.1) is 0 Å². The largest absolute Gasteiger partial charge is 0.347 e. The molecule has 0 amide bonds. The van der Waals surface area contributed by atoms with Crippen LogP contribution in [0.2, 0.25) is 0 Å². The zero-order valence-electron chi connectivity index (χ0n) is 11.7. The van der Waals surface area contributed by atoms with Crippen molar-refractivity contribution in [2.75, 3.05) is 19.4 Å². The Hall–Kier alpha value is 1.61. The summed E-state index contributed by atoms with van der Waals surface area (Å²) in [6.07, 6.45) is 11.3. The van der Waals surface area contributed by atoms with Gasteiger partial charge in [-0.2, -0.15) is 0 Å². The van der Waals surface area contributed by atoms with Crippen LogP contribution in [0.3, 0.4) is 0 Å². The Bertz CT molecular complexity index is 272. The summed E-state index contributed by atoms with van der Waals surface area (Å²) in [4.78, 5) is 2.12. The lowest BCUT2D eigenvalue weighted by Crippen LogP contribution is -2.47. The first kappa shape index (κ1) is 16.0. The molecule has 3 unspecified atom stereocenters. The molecule has 0 aromatic carbocycles. The minimum absolute atomic E-state index is 0.204. The maximum Gasteiger partial charge on any atom is 0.183 e. The van der Waals surface area contributed by atoms with Crippen LogP contribution in [0.4, 0.5) is 0 Å². The number of rotatable bonds is 5. The fourth-order valence-corrected chi connectivity index (χ4v) is 12.3. The zero-order chi connectivity index (χ0) is 13.2. The lowest BCUT2D eigenvalue weighted by Gasteiger charge is -2.46. The SMILES string of the molecule is [B]N(C)C1([C@@H]2CCC[P@@]2C(I)CCC)CCCP1. The third-order valence-electron chi connectivity index (χ3n) is 4.53. The normalized spacial score (nSPS) is 39.8. The van der Waals surface area contributed by atoms with Gasteiger partial charge in [0.25, 0.3) is 0 Å². The number of nitrogens with zero attached hydrogens (tertiary/aromatic N) is 1. The third-order valence-corrected chi connectivity index (χ3v) is 13.0. The Morgan fingerprint density at radius 2 is 2.33 bits per heavy atom. The maximum absolute atomic E-state index is 6.30. The minimum atomic E-state index is 0.204. The average molecular weight is 395 g/mol. The second-order valence-electron chi connectivity index (χ2n) is 5.68. The lowest BCUT2D eigenvalue weighted by molar-refractivity contribution is 0.317. The Morgan fingerprint density at radius 3 is 2.89 bits per heavy atom. The quantitative estimate of drug-likeness (QED) is 0.289. The van der Waals surface area contributed by atoms with Gasteiger partial charge in [-0.3, -0.25) is 0 Å². The summed E-state index contributed by atoms with van der Waals surface area (Å²) in [6.45, 7) is 2.33. The van der Waals surface area contributed by atoms with E-state index in [9.17, 15) is 0 Å². The summed E-state index contributed by atoms with van der Waals surface area (Å²) >= 11 is 2.75. The second-order valence-corrected chi connectivity index (χ2v) is 12.6. The monoisotopic (exact) mass is 395 g/mol. The number of alkyl halides is 1. The van der Waals surface area contributed by atoms with Gasteiger partial charge in [0.05, 0.1) is 0 Å². The first-order valence-electron chi connectivity index (χ1n) is 7.25. The van der Waals surface area contributed by atoms with Gasteiger partial charge in [0.15, 0.2) is 7.98 Å². The lowest BCUT2D eigenvalue weighted by atomic mass is 10.0. The summed E-state index contributed by atoms with van der Waals surface area (Å²) in [5.41, 5.74) is 0.928. The van der Waals surface area contributed by atoms with Crippen molar-refractivity contribution in [2.45, 2.75) is 60.1 Å². The zero-order valence-corrected chi connectivity index (χ0v) is 15.7. The third kappa shape index (κ3) is 3.10. The van der Waals surface area contributed by atoms with Crippen LogP contribution in [0.1, 0.15) is 45.4 Å². The van der Waals surface area contributed by atoms with Crippen molar-refractivity contribution < 1.29 is 0 Å². The van der Waals surface area contributed by atoms with Gasteiger partial charge in [-0.25, -0.2) is 0 Å². The van der Waals surface area contributed by atoms with Crippen LogP contribution >= 0.6 is 39.1 Å². The molecule has 5 heteroatoms. The Labute approximate surface area is 131 Å². The molecule has 18 heavy (non-hydrogen) atoms. The van der Waals surface area contributed by atoms with E-state index in [2.05, 4.69) is 41.4 Å². The van der Waals surface area contributed by atoms with Gasteiger partial charge >= 0.3 is 0 Å². The van der Waals surface area contributed by atoms with Crippen molar-refractivity contribution in [3.63, 3.8) is 0 Å². The molecule has 0 bridgehead atoms. The molecule has 2 aliphatic rings. The van der Waals surface area contributed by atoms with Crippen LogP contribution in [0.5, 0.6) is 0 Å². The van der Waals surface area contributed by atoms with E-state index in [-0.39, 0.29) is 7.92 Å². The smallest absolute Gasteiger partial charge is 0.183 e. The van der Waals surface area contributed by atoms with Crippen LogP contribution in [0.15, 0.2) is 0 Å². The predicted molar refractivity (Wildman–Crippen MR) is 96.2 cm³/mol. The highest BCUT2D eigenvalue weighted by Gasteiger charge is 2.48. The van der Waals surface area contributed by atoms with Gasteiger partial charge in [-0.1, -0.05) is 43.9 Å². The van der Waals surface area contributed by atoms with Crippen LogP contribution in [-0.2, 0) is 0 Å². The Balaban J connectivity index is 2.14. The molecule has 5 atom stereocenters. The average Bonchev–Trinajstić information content (AvgIpc) is 2.98. The van der Waals surface area contributed by atoms with Gasteiger partial charge in [0, 0.05) is 14.6 Å². The topological polar surface area (TPSA) is 3.24 Å². The molecule has 0 saturated carbocycles. The van der Waals surface area contributed by atoms with Gasteiger partial charge < -0.3 is 4.81 Å². The number of hydrogen-bond acceptors (Lipinski definition) is 1. The van der Waals surface area contributed by atoms with Crippen LogP contribution < -0.4 is 0 Å². The van der Waals surface area contributed by atoms with Crippen LogP contribution in [-0.4, -0.2) is 46.8 Å². The van der Waals surface area contributed by atoms with E-state index in [0.29, 0.717) is 5.28 Å². The first-order chi connectivity index (χ1) is 8.62. The molecule has 0 aromatic rings. The summed E-state index contributed by atoms with van der Waals surface area (Å²) < 4.78 is 0.928. The molecule has 0 spiro atoms. The Morgan fingerprint density at radius 1 is 1.56 bits per heavy atom. The molecule has 0 aromatic heterocycles. The molecule has 2 rings (SSSR count). The molecule has 0 aliphatic carbocycles. The summed E-state index contributed by atoms with van der Waals surface area (Å²) in [7, 11) is 9.71. The highest BCUT2D eigenvalue weighted by molar-refractivity contribution is 14.1. The fourth-order valence-electron chi connectivity index (χ4n) is 3.61. The molecule has 2 heterocycles. The van der Waals surface area contributed by atoms with Gasteiger partial charge in [-0.05, 0) is 51.5 Å². The molecular weight excluding hydrogens is 370 g/mol. The van der Waals surface area contributed by atoms with Gasteiger partial charge in [0.1, 0.15) is 0 Å². The number of hydrogen-bond donors (Lipinski definition) is 0. The van der Waals surface area contributed by atoms with E-state index in [0.717, 1.165) is 17.9 Å². The van der Waals surface area contributed by atoms with E-state index in [1.807, 2.05) is 0 Å². The maximum atomic E-state index is 6.30. The molecule has 2 fully saturated rings. The van der Waals surface area contributed by atoms with E-state index >= 15 is 0 Å². The molecular formula is C13H25BINP2. The van der Waals surface area contributed by atoms with Crippen molar-refractivity contribution in [3.05, 3.63) is 0 Å². The molecule has 2 radical (unpaired) electrons. The minimum Gasteiger partial charge on any atom is -0.347 e. The van der Waals surface area contributed by atoms with Crippen molar-refractivity contribution in [1.82, 2.24) is 4.81 Å². The van der Waals surface area contributed by atoms with Crippen molar-refractivity contribution in [1.29, 1.82) is 0 Å². The summed E-state index contributed by atoms with van der Waals surface area (Å²) in [5.74, 6) is 0. The first-order valence-corrected chi connectivity index (χ1v) is 11.4. The fraction of sp³-hybridized carbons (Fsp3) is 1.00. The highest BCUT2D eigenvalue weighted by Crippen LogP contribution is 2.66. The molecule has 2 saturated heterocycles. The standard InChI is InChI=1S/C13H25BINP2/c1-3-6-12(15)18-10-4-7-11(18)13(16(2)14)8-5-9-17-13/h11-12,17H,3-10H2,1-2H3/t11-,12?,13?,18+/m0/s1. The molecule has 2 aliphatic heterocycles.